The molecule has 0 saturated carbocycles. The van der Waals surface area contributed by atoms with Crippen molar-refractivity contribution in [2.75, 3.05) is 0 Å². The summed E-state index contributed by atoms with van der Waals surface area (Å²) in [5, 5.41) is 0.726. The standard InChI is InChI=1S/C23H18ClNO2/c24-21-7-3-17(4-8-21)15-27-22-9-5-18(6-10-22)23(20-11-13-26-16-20)19-2-1-12-25-14-19/h1-14,16,23H,15H2. The summed E-state index contributed by atoms with van der Waals surface area (Å²) < 4.78 is 11.2. The van der Waals surface area contributed by atoms with Crippen molar-refractivity contribution in [1.29, 1.82) is 0 Å². The van der Waals surface area contributed by atoms with Crippen molar-refractivity contribution in [3.8, 4) is 5.75 Å². The van der Waals surface area contributed by atoms with Crippen molar-refractivity contribution in [3.05, 3.63) is 119 Å². The number of nitrogens with zero attached hydrogens (tertiary/aromatic N) is 1. The minimum absolute atomic E-state index is 0.0720. The van der Waals surface area contributed by atoms with Gasteiger partial charge in [-0.3, -0.25) is 4.98 Å². The molecule has 0 fully saturated rings. The van der Waals surface area contributed by atoms with Gasteiger partial charge >= 0.3 is 0 Å². The third-order valence-corrected chi connectivity index (χ3v) is 4.68. The molecule has 4 aromatic rings. The van der Waals surface area contributed by atoms with E-state index in [9.17, 15) is 0 Å². The van der Waals surface area contributed by atoms with Crippen LogP contribution in [-0.2, 0) is 6.61 Å². The molecule has 3 nitrogen and oxygen atoms in total. The zero-order chi connectivity index (χ0) is 18.5. The van der Waals surface area contributed by atoms with Crippen LogP contribution in [0.1, 0.15) is 28.2 Å². The summed E-state index contributed by atoms with van der Waals surface area (Å²) in [7, 11) is 0. The lowest BCUT2D eigenvalue weighted by Gasteiger charge is -2.17. The SMILES string of the molecule is Clc1ccc(COc2ccc(C(c3cccnc3)c3ccoc3)cc2)cc1. The Bertz CT molecular complexity index is 965. The third-order valence-electron chi connectivity index (χ3n) is 4.43. The molecule has 0 radical (unpaired) electrons. The summed E-state index contributed by atoms with van der Waals surface area (Å²) in [5.41, 5.74) is 4.45. The Morgan fingerprint density at radius 3 is 2.37 bits per heavy atom. The van der Waals surface area contributed by atoms with Crippen molar-refractivity contribution in [2.45, 2.75) is 12.5 Å². The molecule has 4 heteroatoms. The third kappa shape index (κ3) is 4.21. The highest BCUT2D eigenvalue weighted by molar-refractivity contribution is 6.30. The highest BCUT2D eigenvalue weighted by Gasteiger charge is 2.18. The highest BCUT2D eigenvalue weighted by Crippen LogP contribution is 2.32. The Hall–Kier alpha value is -3.04. The van der Waals surface area contributed by atoms with Crippen LogP contribution in [0.25, 0.3) is 0 Å². The summed E-state index contributed by atoms with van der Waals surface area (Å²) >= 11 is 5.92. The summed E-state index contributed by atoms with van der Waals surface area (Å²) in [6.07, 6.45) is 7.15. The van der Waals surface area contributed by atoms with Gasteiger partial charge in [0.1, 0.15) is 12.4 Å². The zero-order valence-corrected chi connectivity index (χ0v) is 15.3. The molecule has 0 aliphatic rings. The number of benzene rings is 2. The molecule has 0 N–H and O–H groups in total. The van der Waals surface area contributed by atoms with Crippen molar-refractivity contribution in [3.63, 3.8) is 0 Å². The molecule has 0 spiro atoms. The van der Waals surface area contributed by atoms with E-state index < -0.39 is 0 Å². The van der Waals surface area contributed by atoms with Crippen LogP contribution in [0.3, 0.4) is 0 Å². The van der Waals surface area contributed by atoms with Crippen molar-refractivity contribution >= 4 is 11.6 Å². The van der Waals surface area contributed by atoms with Crippen LogP contribution in [0.5, 0.6) is 5.75 Å². The average molecular weight is 376 g/mol. The normalized spacial score (nSPS) is 11.9. The number of hydrogen-bond acceptors (Lipinski definition) is 3. The molecule has 134 valence electrons. The Morgan fingerprint density at radius 2 is 1.70 bits per heavy atom. The maximum absolute atomic E-state index is 5.92. The lowest BCUT2D eigenvalue weighted by Crippen LogP contribution is -2.03. The lowest BCUT2D eigenvalue weighted by molar-refractivity contribution is 0.306. The molecule has 0 saturated heterocycles. The van der Waals surface area contributed by atoms with Gasteiger partial charge in [0.2, 0.25) is 0 Å². The first-order valence-electron chi connectivity index (χ1n) is 8.69. The summed E-state index contributed by atoms with van der Waals surface area (Å²) in [6.45, 7) is 0.504. The van der Waals surface area contributed by atoms with E-state index in [4.69, 9.17) is 20.8 Å². The summed E-state index contributed by atoms with van der Waals surface area (Å²) in [5.74, 6) is 0.897. The van der Waals surface area contributed by atoms with E-state index in [1.165, 1.54) is 0 Å². The molecule has 4 rings (SSSR count). The molecule has 2 aromatic carbocycles. The van der Waals surface area contributed by atoms with E-state index in [-0.39, 0.29) is 5.92 Å². The molecule has 2 heterocycles. The molecule has 2 aromatic heterocycles. The fraction of sp³-hybridized carbons (Fsp3) is 0.0870. The number of aromatic nitrogens is 1. The Morgan fingerprint density at radius 1 is 0.889 bits per heavy atom. The first-order valence-corrected chi connectivity index (χ1v) is 9.06. The highest BCUT2D eigenvalue weighted by atomic mass is 35.5. The number of halogens is 1. The topological polar surface area (TPSA) is 35.3 Å². The van der Waals surface area contributed by atoms with Gasteiger partial charge in [0, 0.05) is 28.9 Å². The van der Waals surface area contributed by atoms with E-state index in [1.807, 2.05) is 54.7 Å². The fourth-order valence-corrected chi connectivity index (χ4v) is 3.19. The van der Waals surface area contributed by atoms with Gasteiger partial charge < -0.3 is 9.15 Å². The van der Waals surface area contributed by atoms with Crippen LogP contribution >= 0.6 is 11.6 Å². The Balaban J connectivity index is 1.53. The van der Waals surface area contributed by atoms with E-state index in [1.54, 1.807) is 18.7 Å². The summed E-state index contributed by atoms with van der Waals surface area (Å²) in [6, 6.07) is 21.8. The maximum atomic E-state index is 5.92. The maximum Gasteiger partial charge on any atom is 0.119 e. The molecule has 27 heavy (non-hydrogen) atoms. The number of hydrogen-bond donors (Lipinski definition) is 0. The van der Waals surface area contributed by atoms with Crippen molar-refractivity contribution in [2.24, 2.45) is 0 Å². The molecule has 0 aliphatic heterocycles. The minimum atomic E-state index is 0.0720. The van der Waals surface area contributed by atoms with Crippen LogP contribution < -0.4 is 4.74 Å². The molecule has 0 amide bonds. The first kappa shape index (κ1) is 17.4. The van der Waals surface area contributed by atoms with Gasteiger partial charge in [0.25, 0.3) is 0 Å². The van der Waals surface area contributed by atoms with E-state index in [2.05, 4.69) is 23.2 Å². The first-order chi connectivity index (χ1) is 13.3. The smallest absolute Gasteiger partial charge is 0.119 e. The largest absolute Gasteiger partial charge is 0.489 e. The lowest BCUT2D eigenvalue weighted by atomic mass is 9.87. The summed E-state index contributed by atoms with van der Waals surface area (Å²) in [4.78, 5) is 4.26. The number of rotatable bonds is 6. The molecule has 0 aliphatic carbocycles. The van der Waals surface area contributed by atoms with E-state index in [0.717, 1.165) is 33.0 Å². The Kier molecular flexibility index (Phi) is 5.22. The number of pyridine rings is 1. The second-order valence-electron chi connectivity index (χ2n) is 6.26. The van der Waals surface area contributed by atoms with E-state index in [0.29, 0.717) is 6.61 Å². The quantitative estimate of drug-likeness (QED) is 0.409. The molecule has 0 bridgehead atoms. The van der Waals surface area contributed by atoms with Crippen LogP contribution in [0.4, 0.5) is 0 Å². The average Bonchev–Trinajstić information content (AvgIpc) is 3.24. The van der Waals surface area contributed by atoms with Crippen molar-refractivity contribution in [1.82, 2.24) is 4.98 Å². The van der Waals surface area contributed by atoms with Crippen LogP contribution in [-0.4, -0.2) is 4.98 Å². The monoisotopic (exact) mass is 375 g/mol. The van der Waals surface area contributed by atoms with Crippen molar-refractivity contribution < 1.29 is 9.15 Å². The van der Waals surface area contributed by atoms with Crippen LogP contribution in [0, 0.1) is 0 Å². The Labute approximate surface area is 163 Å². The van der Waals surface area contributed by atoms with Gasteiger partial charge in [-0.05, 0) is 53.1 Å². The predicted molar refractivity (Wildman–Crippen MR) is 106 cm³/mol. The van der Waals surface area contributed by atoms with E-state index >= 15 is 0 Å². The zero-order valence-electron chi connectivity index (χ0n) is 14.6. The fourth-order valence-electron chi connectivity index (χ4n) is 3.07. The predicted octanol–water partition coefficient (Wildman–Crippen LogP) is 6.09. The molecule has 1 unspecified atom stereocenters. The molecular formula is C23H18ClNO2. The second-order valence-corrected chi connectivity index (χ2v) is 6.70. The van der Waals surface area contributed by atoms with Gasteiger partial charge in [-0.15, -0.1) is 0 Å². The number of ether oxygens (including phenoxy) is 1. The van der Waals surface area contributed by atoms with Crippen LogP contribution in [0.15, 0.2) is 96.1 Å². The second kappa shape index (κ2) is 8.11. The minimum Gasteiger partial charge on any atom is -0.489 e. The molecular weight excluding hydrogens is 358 g/mol. The van der Waals surface area contributed by atoms with Crippen LogP contribution in [0.2, 0.25) is 5.02 Å². The van der Waals surface area contributed by atoms with Gasteiger partial charge in [-0.1, -0.05) is 41.9 Å². The number of furan rings is 1. The van der Waals surface area contributed by atoms with Gasteiger partial charge in [-0.25, -0.2) is 0 Å². The van der Waals surface area contributed by atoms with Gasteiger partial charge in [0.15, 0.2) is 0 Å². The van der Waals surface area contributed by atoms with Gasteiger partial charge in [0.05, 0.1) is 12.5 Å². The van der Waals surface area contributed by atoms with Gasteiger partial charge in [-0.2, -0.15) is 0 Å². The molecule has 1 atom stereocenters.